The summed E-state index contributed by atoms with van der Waals surface area (Å²) in [7, 11) is 0. The van der Waals surface area contributed by atoms with Crippen LogP contribution >= 0.6 is 0 Å². The first kappa shape index (κ1) is 14.5. The van der Waals surface area contributed by atoms with Crippen LogP contribution in [0, 0.1) is 0 Å². The zero-order chi connectivity index (χ0) is 14.9. The number of pyridine rings is 1. The number of aromatic nitrogens is 1. The second kappa shape index (κ2) is 7.65. The van der Waals surface area contributed by atoms with Crippen LogP contribution in [0.15, 0.2) is 72.9 Å². The summed E-state index contributed by atoms with van der Waals surface area (Å²) in [6, 6.07) is 21.5. The van der Waals surface area contributed by atoms with Crippen molar-refractivity contribution >= 4 is 17.0 Å². The highest BCUT2D eigenvalue weighted by atomic mass is 16.5. The first-order valence-corrected chi connectivity index (χ1v) is 6.51. The first-order chi connectivity index (χ1) is 10.3. The lowest BCUT2D eigenvalue weighted by atomic mass is 10.2. The molecule has 2 N–H and O–H groups in total. The third-order valence-corrected chi connectivity index (χ3v) is 2.74. The van der Waals surface area contributed by atoms with Crippen LogP contribution < -0.4 is 5.73 Å². The van der Waals surface area contributed by atoms with E-state index in [-0.39, 0.29) is 6.61 Å². The van der Waals surface area contributed by atoms with E-state index in [1.165, 1.54) is 5.39 Å². The normalized spacial score (nSPS) is 9.52. The molecule has 1 amide bonds. The van der Waals surface area contributed by atoms with Gasteiger partial charge in [-0.2, -0.15) is 0 Å². The van der Waals surface area contributed by atoms with Gasteiger partial charge in [-0.1, -0.05) is 54.6 Å². The number of ether oxygens (including phenoxy) is 1. The monoisotopic (exact) mass is 280 g/mol. The SMILES string of the molecule is NC(=O)OCc1ccccc1.c1ccc2ncccc2c1. The minimum Gasteiger partial charge on any atom is -0.445 e. The fourth-order valence-corrected chi connectivity index (χ4v) is 1.74. The summed E-state index contributed by atoms with van der Waals surface area (Å²) in [5, 5.41) is 1.20. The largest absolute Gasteiger partial charge is 0.445 e. The number of hydrogen-bond donors (Lipinski definition) is 1. The highest BCUT2D eigenvalue weighted by molar-refractivity contribution is 5.77. The van der Waals surface area contributed by atoms with Crippen molar-refractivity contribution in [3.8, 4) is 0 Å². The lowest BCUT2D eigenvalue weighted by molar-refractivity contribution is 0.150. The lowest BCUT2D eigenvalue weighted by Gasteiger charge is -1.99. The van der Waals surface area contributed by atoms with E-state index in [2.05, 4.69) is 21.9 Å². The maximum atomic E-state index is 10.2. The summed E-state index contributed by atoms with van der Waals surface area (Å²) in [6.07, 6.45) is 1.07. The Kier molecular flexibility index (Phi) is 5.29. The van der Waals surface area contributed by atoms with Crippen molar-refractivity contribution in [1.82, 2.24) is 4.98 Å². The molecule has 21 heavy (non-hydrogen) atoms. The number of carbonyl (C=O) groups is 1. The van der Waals surface area contributed by atoms with Crippen LogP contribution in [0.25, 0.3) is 10.9 Å². The van der Waals surface area contributed by atoms with Gasteiger partial charge in [-0.15, -0.1) is 0 Å². The van der Waals surface area contributed by atoms with Crippen molar-refractivity contribution in [2.45, 2.75) is 6.61 Å². The Morgan fingerprint density at radius 3 is 2.33 bits per heavy atom. The molecule has 0 spiro atoms. The Bertz CT molecular complexity index is 634. The quantitative estimate of drug-likeness (QED) is 0.781. The number of primary amides is 1. The van der Waals surface area contributed by atoms with E-state index < -0.39 is 6.09 Å². The summed E-state index contributed by atoms with van der Waals surface area (Å²) in [6.45, 7) is 0.246. The summed E-state index contributed by atoms with van der Waals surface area (Å²) in [4.78, 5) is 14.4. The predicted molar refractivity (Wildman–Crippen MR) is 82.6 cm³/mol. The Labute approximate surface area is 123 Å². The molecule has 0 atom stereocenters. The molecule has 3 rings (SSSR count). The highest BCUT2D eigenvalue weighted by Crippen LogP contribution is 2.07. The molecule has 0 aliphatic carbocycles. The van der Waals surface area contributed by atoms with E-state index in [0.717, 1.165) is 11.1 Å². The predicted octanol–water partition coefficient (Wildman–Crippen LogP) is 3.52. The second-order valence-electron chi connectivity index (χ2n) is 4.29. The average Bonchev–Trinajstić information content (AvgIpc) is 2.55. The molecule has 106 valence electrons. The zero-order valence-electron chi connectivity index (χ0n) is 11.5. The van der Waals surface area contributed by atoms with Crippen LogP contribution in [-0.4, -0.2) is 11.1 Å². The van der Waals surface area contributed by atoms with Gasteiger partial charge in [-0.25, -0.2) is 4.79 Å². The van der Waals surface area contributed by atoms with Gasteiger partial charge in [0.25, 0.3) is 0 Å². The standard InChI is InChI=1S/C9H7N.C8H9NO2/c1-2-6-9-8(4-1)5-3-7-10-9;9-8(10)11-6-7-4-2-1-3-5-7/h1-7H;1-5H,6H2,(H2,9,10). The number of rotatable bonds is 2. The summed E-state index contributed by atoms with van der Waals surface area (Å²) in [5.41, 5.74) is 6.78. The fraction of sp³-hybridized carbons (Fsp3) is 0.0588. The number of carbonyl (C=O) groups excluding carboxylic acids is 1. The highest BCUT2D eigenvalue weighted by Gasteiger charge is 1.93. The number of fused-ring (bicyclic) bond motifs is 1. The molecule has 3 aromatic rings. The average molecular weight is 280 g/mol. The number of para-hydroxylation sites is 1. The van der Waals surface area contributed by atoms with Crippen molar-refractivity contribution in [1.29, 1.82) is 0 Å². The molecule has 1 aromatic heterocycles. The number of amides is 1. The number of nitrogens with zero attached hydrogens (tertiary/aromatic N) is 1. The molecule has 4 heteroatoms. The van der Waals surface area contributed by atoms with E-state index in [1.54, 1.807) is 0 Å². The Balaban J connectivity index is 0.000000154. The molecular weight excluding hydrogens is 264 g/mol. The minimum atomic E-state index is -0.742. The van der Waals surface area contributed by atoms with Crippen molar-refractivity contribution in [3.63, 3.8) is 0 Å². The fourth-order valence-electron chi connectivity index (χ4n) is 1.74. The van der Waals surface area contributed by atoms with Gasteiger partial charge in [-0.3, -0.25) is 4.98 Å². The topological polar surface area (TPSA) is 65.2 Å². The van der Waals surface area contributed by atoms with E-state index in [9.17, 15) is 4.79 Å². The summed E-state index contributed by atoms with van der Waals surface area (Å²) >= 11 is 0. The molecule has 0 fully saturated rings. The lowest BCUT2D eigenvalue weighted by Crippen LogP contribution is -2.12. The Morgan fingerprint density at radius 1 is 0.952 bits per heavy atom. The molecular formula is C17H16N2O2. The molecule has 1 heterocycles. The Hall–Kier alpha value is -2.88. The molecule has 0 unspecified atom stereocenters. The molecule has 0 aliphatic rings. The molecule has 0 aliphatic heterocycles. The molecule has 0 saturated heterocycles. The van der Waals surface area contributed by atoms with E-state index in [4.69, 9.17) is 5.73 Å². The maximum absolute atomic E-state index is 10.2. The molecule has 0 radical (unpaired) electrons. The van der Waals surface area contributed by atoms with Gasteiger partial charge in [0.2, 0.25) is 0 Å². The van der Waals surface area contributed by atoms with Crippen LogP contribution in [0.1, 0.15) is 5.56 Å². The van der Waals surface area contributed by atoms with E-state index in [0.29, 0.717) is 0 Å². The van der Waals surface area contributed by atoms with Crippen LogP contribution in [0.2, 0.25) is 0 Å². The van der Waals surface area contributed by atoms with Crippen molar-refractivity contribution < 1.29 is 9.53 Å². The summed E-state index contributed by atoms with van der Waals surface area (Å²) in [5.74, 6) is 0. The van der Waals surface area contributed by atoms with Crippen LogP contribution in [0.4, 0.5) is 4.79 Å². The molecule has 0 saturated carbocycles. The molecule has 4 nitrogen and oxygen atoms in total. The van der Waals surface area contributed by atoms with Gasteiger partial charge in [0, 0.05) is 11.6 Å². The summed E-state index contributed by atoms with van der Waals surface area (Å²) < 4.78 is 4.57. The van der Waals surface area contributed by atoms with Crippen molar-refractivity contribution in [2.24, 2.45) is 5.73 Å². The smallest absolute Gasteiger partial charge is 0.404 e. The third kappa shape index (κ3) is 4.95. The van der Waals surface area contributed by atoms with E-state index >= 15 is 0 Å². The van der Waals surface area contributed by atoms with Gasteiger partial charge < -0.3 is 10.5 Å². The van der Waals surface area contributed by atoms with Crippen LogP contribution in [-0.2, 0) is 11.3 Å². The molecule has 0 bridgehead atoms. The van der Waals surface area contributed by atoms with Gasteiger partial charge in [0.05, 0.1) is 5.52 Å². The van der Waals surface area contributed by atoms with Gasteiger partial charge >= 0.3 is 6.09 Å². The maximum Gasteiger partial charge on any atom is 0.404 e. The zero-order valence-corrected chi connectivity index (χ0v) is 11.5. The number of benzene rings is 2. The Morgan fingerprint density at radius 2 is 1.62 bits per heavy atom. The van der Waals surface area contributed by atoms with E-state index in [1.807, 2.05) is 60.8 Å². The second-order valence-corrected chi connectivity index (χ2v) is 4.29. The van der Waals surface area contributed by atoms with Crippen LogP contribution in [0.3, 0.4) is 0 Å². The van der Waals surface area contributed by atoms with Gasteiger partial charge in [0.1, 0.15) is 6.61 Å². The van der Waals surface area contributed by atoms with Gasteiger partial charge in [0.15, 0.2) is 0 Å². The first-order valence-electron chi connectivity index (χ1n) is 6.51. The number of hydrogen-bond acceptors (Lipinski definition) is 3. The van der Waals surface area contributed by atoms with Gasteiger partial charge in [-0.05, 0) is 17.7 Å². The third-order valence-electron chi connectivity index (χ3n) is 2.74. The van der Waals surface area contributed by atoms with Crippen molar-refractivity contribution in [2.75, 3.05) is 0 Å². The van der Waals surface area contributed by atoms with Crippen molar-refractivity contribution in [3.05, 3.63) is 78.5 Å². The number of nitrogens with two attached hydrogens (primary N) is 1. The van der Waals surface area contributed by atoms with Crippen LogP contribution in [0.5, 0.6) is 0 Å². The molecule has 2 aromatic carbocycles. The minimum absolute atomic E-state index is 0.246.